The monoisotopic (exact) mass is 216 g/mol. The van der Waals surface area contributed by atoms with E-state index in [4.69, 9.17) is 5.73 Å². The smallest absolute Gasteiger partial charge is 0.270 e. The summed E-state index contributed by atoms with van der Waals surface area (Å²) in [6, 6.07) is 7.66. The van der Waals surface area contributed by atoms with Crippen LogP contribution < -0.4 is 5.73 Å². The van der Waals surface area contributed by atoms with Crippen molar-refractivity contribution in [2.45, 2.75) is 0 Å². The lowest BCUT2D eigenvalue weighted by molar-refractivity contribution is -0.384. The summed E-state index contributed by atoms with van der Waals surface area (Å²) >= 11 is 0. The summed E-state index contributed by atoms with van der Waals surface area (Å²) in [7, 11) is 0. The maximum absolute atomic E-state index is 10.6. The van der Waals surface area contributed by atoms with Crippen LogP contribution in [0.4, 0.5) is 11.5 Å². The third-order valence-electron chi connectivity index (χ3n) is 1.99. The standard InChI is InChI=1S/C10H8N4O2/c11-9-4-5-12-10(13-9)7-2-1-3-8(6-7)14(15)16/h1-6H,(H2,11,12,13). The summed E-state index contributed by atoms with van der Waals surface area (Å²) in [6.07, 6.45) is 1.51. The van der Waals surface area contributed by atoms with E-state index < -0.39 is 4.92 Å². The summed E-state index contributed by atoms with van der Waals surface area (Å²) in [5.41, 5.74) is 6.08. The van der Waals surface area contributed by atoms with Gasteiger partial charge in [-0.3, -0.25) is 10.1 Å². The summed E-state index contributed by atoms with van der Waals surface area (Å²) in [5, 5.41) is 10.6. The quantitative estimate of drug-likeness (QED) is 0.608. The molecule has 0 saturated heterocycles. The molecule has 1 aromatic carbocycles. The maximum Gasteiger partial charge on any atom is 0.270 e. The van der Waals surface area contributed by atoms with Gasteiger partial charge in [0.05, 0.1) is 4.92 Å². The van der Waals surface area contributed by atoms with E-state index in [1.807, 2.05) is 0 Å². The molecule has 0 amide bonds. The molecule has 2 N–H and O–H groups in total. The highest BCUT2D eigenvalue weighted by Gasteiger charge is 2.08. The molecule has 0 aliphatic carbocycles. The van der Waals surface area contributed by atoms with Crippen molar-refractivity contribution in [1.82, 2.24) is 9.97 Å². The van der Waals surface area contributed by atoms with Gasteiger partial charge in [-0.15, -0.1) is 0 Å². The highest BCUT2D eigenvalue weighted by Crippen LogP contribution is 2.20. The zero-order valence-corrected chi connectivity index (χ0v) is 8.20. The van der Waals surface area contributed by atoms with E-state index in [0.29, 0.717) is 17.2 Å². The van der Waals surface area contributed by atoms with E-state index in [9.17, 15) is 10.1 Å². The van der Waals surface area contributed by atoms with Gasteiger partial charge in [-0.2, -0.15) is 0 Å². The Labute approximate surface area is 90.9 Å². The van der Waals surface area contributed by atoms with E-state index in [1.165, 1.54) is 18.3 Å². The van der Waals surface area contributed by atoms with Crippen LogP contribution in [0.25, 0.3) is 11.4 Å². The molecule has 0 aliphatic heterocycles. The Morgan fingerprint density at radius 1 is 1.31 bits per heavy atom. The average molecular weight is 216 g/mol. The third kappa shape index (κ3) is 1.95. The van der Waals surface area contributed by atoms with Gasteiger partial charge in [0.25, 0.3) is 5.69 Å². The maximum atomic E-state index is 10.6. The minimum atomic E-state index is -0.463. The fourth-order valence-electron chi connectivity index (χ4n) is 1.27. The topological polar surface area (TPSA) is 94.9 Å². The molecule has 2 rings (SSSR count). The van der Waals surface area contributed by atoms with Crippen LogP contribution in [0.2, 0.25) is 0 Å². The number of nitrogens with two attached hydrogens (primary N) is 1. The van der Waals surface area contributed by atoms with Crippen molar-refractivity contribution >= 4 is 11.5 Å². The Balaban J connectivity index is 2.48. The first-order chi connectivity index (χ1) is 7.66. The van der Waals surface area contributed by atoms with E-state index >= 15 is 0 Å². The van der Waals surface area contributed by atoms with Crippen molar-refractivity contribution in [2.24, 2.45) is 0 Å². The molecule has 0 unspecified atom stereocenters. The Morgan fingerprint density at radius 2 is 2.12 bits per heavy atom. The van der Waals surface area contributed by atoms with Crippen molar-refractivity contribution in [3.63, 3.8) is 0 Å². The molecule has 0 fully saturated rings. The van der Waals surface area contributed by atoms with Crippen LogP contribution in [0.1, 0.15) is 0 Å². The molecule has 0 radical (unpaired) electrons. The number of benzene rings is 1. The fourth-order valence-corrected chi connectivity index (χ4v) is 1.27. The Hall–Kier alpha value is -2.50. The molecule has 6 heteroatoms. The first kappa shape index (κ1) is 10.0. The molecule has 0 aliphatic rings. The van der Waals surface area contributed by atoms with Crippen molar-refractivity contribution < 1.29 is 4.92 Å². The lowest BCUT2D eigenvalue weighted by Gasteiger charge is -2.00. The van der Waals surface area contributed by atoms with Crippen LogP contribution in [0.15, 0.2) is 36.5 Å². The van der Waals surface area contributed by atoms with Gasteiger partial charge in [0.15, 0.2) is 5.82 Å². The number of nitro groups is 1. The number of anilines is 1. The van der Waals surface area contributed by atoms with E-state index in [1.54, 1.807) is 18.2 Å². The van der Waals surface area contributed by atoms with E-state index in [0.717, 1.165) is 0 Å². The minimum absolute atomic E-state index is 0.00326. The average Bonchev–Trinajstić information content (AvgIpc) is 2.29. The summed E-state index contributed by atoms with van der Waals surface area (Å²) in [4.78, 5) is 18.1. The van der Waals surface area contributed by atoms with Crippen LogP contribution in [-0.2, 0) is 0 Å². The van der Waals surface area contributed by atoms with Crippen molar-refractivity contribution in [2.75, 3.05) is 5.73 Å². The molecule has 80 valence electrons. The zero-order chi connectivity index (χ0) is 11.5. The lowest BCUT2D eigenvalue weighted by atomic mass is 10.2. The fraction of sp³-hybridized carbons (Fsp3) is 0. The minimum Gasteiger partial charge on any atom is -0.384 e. The lowest BCUT2D eigenvalue weighted by Crippen LogP contribution is -1.95. The van der Waals surface area contributed by atoms with Crippen molar-refractivity contribution in [3.8, 4) is 11.4 Å². The Kier molecular flexibility index (Phi) is 2.47. The largest absolute Gasteiger partial charge is 0.384 e. The van der Waals surface area contributed by atoms with Crippen LogP contribution in [-0.4, -0.2) is 14.9 Å². The third-order valence-corrected chi connectivity index (χ3v) is 1.99. The Morgan fingerprint density at radius 3 is 2.81 bits per heavy atom. The van der Waals surface area contributed by atoms with Crippen LogP contribution in [0.5, 0.6) is 0 Å². The molecule has 1 aromatic heterocycles. The number of nitro benzene ring substituents is 1. The predicted octanol–water partition coefficient (Wildman–Crippen LogP) is 1.63. The highest BCUT2D eigenvalue weighted by molar-refractivity contribution is 5.60. The number of aromatic nitrogens is 2. The molecule has 6 nitrogen and oxygen atoms in total. The normalized spacial score (nSPS) is 10.0. The molecule has 0 bridgehead atoms. The van der Waals surface area contributed by atoms with E-state index in [-0.39, 0.29) is 5.69 Å². The summed E-state index contributed by atoms with van der Waals surface area (Å²) < 4.78 is 0. The van der Waals surface area contributed by atoms with Gasteiger partial charge in [0.1, 0.15) is 5.82 Å². The van der Waals surface area contributed by atoms with Crippen molar-refractivity contribution in [3.05, 3.63) is 46.6 Å². The van der Waals surface area contributed by atoms with Crippen LogP contribution >= 0.6 is 0 Å². The number of hydrogen-bond acceptors (Lipinski definition) is 5. The molecule has 16 heavy (non-hydrogen) atoms. The molecule has 1 heterocycles. The molecule has 0 spiro atoms. The van der Waals surface area contributed by atoms with E-state index in [2.05, 4.69) is 9.97 Å². The molecule has 0 saturated carbocycles. The second kappa shape index (κ2) is 3.93. The second-order valence-corrected chi connectivity index (χ2v) is 3.11. The van der Waals surface area contributed by atoms with Crippen molar-refractivity contribution in [1.29, 1.82) is 0 Å². The number of non-ortho nitro benzene ring substituents is 1. The van der Waals surface area contributed by atoms with Gasteiger partial charge in [-0.05, 0) is 6.07 Å². The predicted molar refractivity (Wildman–Crippen MR) is 58.5 cm³/mol. The molecular formula is C10H8N4O2. The molecule has 0 atom stereocenters. The van der Waals surface area contributed by atoms with Crippen LogP contribution in [0, 0.1) is 10.1 Å². The Bertz CT molecular complexity index is 542. The first-order valence-electron chi connectivity index (χ1n) is 4.50. The molecular weight excluding hydrogens is 208 g/mol. The first-order valence-corrected chi connectivity index (χ1v) is 4.50. The van der Waals surface area contributed by atoms with Crippen LogP contribution in [0.3, 0.4) is 0 Å². The summed E-state index contributed by atoms with van der Waals surface area (Å²) in [6.45, 7) is 0. The van der Waals surface area contributed by atoms with Gasteiger partial charge in [0, 0.05) is 23.9 Å². The van der Waals surface area contributed by atoms with Gasteiger partial charge in [-0.1, -0.05) is 12.1 Å². The number of hydrogen-bond donors (Lipinski definition) is 1. The SMILES string of the molecule is Nc1ccnc(-c2cccc([N+](=O)[O-])c2)n1. The molecule has 2 aromatic rings. The zero-order valence-electron chi connectivity index (χ0n) is 8.20. The van der Waals surface area contributed by atoms with Gasteiger partial charge >= 0.3 is 0 Å². The van der Waals surface area contributed by atoms with Gasteiger partial charge in [0.2, 0.25) is 0 Å². The number of rotatable bonds is 2. The number of nitrogens with zero attached hydrogens (tertiary/aromatic N) is 3. The van der Waals surface area contributed by atoms with Gasteiger partial charge in [-0.25, -0.2) is 9.97 Å². The second-order valence-electron chi connectivity index (χ2n) is 3.11. The highest BCUT2D eigenvalue weighted by atomic mass is 16.6. The summed E-state index contributed by atoms with van der Waals surface area (Å²) in [5.74, 6) is 0.709. The number of nitrogen functional groups attached to an aromatic ring is 1. The van der Waals surface area contributed by atoms with Gasteiger partial charge < -0.3 is 5.73 Å².